The molecule has 112 valence electrons. The van der Waals surface area contributed by atoms with Crippen LogP contribution in [0, 0.1) is 0 Å². The number of aliphatic hydroxyl groups excluding tert-OH is 1. The van der Waals surface area contributed by atoms with Gasteiger partial charge in [-0.1, -0.05) is 0 Å². The summed E-state index contributed by atoms with van der Waals surface area (Å²) in [5.41, 5.74) is 3.10. The highest BCUT2D eigenvalue weighted by Crippen LogP contribution is 2.14. The largest absolute Gasteiger partial charge is 0.390 e. The van der Waals surface area contributed by atoms with Crippen LogP contribution in [-0.4, -0.2) is 55.7 Å². The Kier molecular flexibility index (Phi) is 4.00. The maximum absolute atomic E-state index is 12.0. The second-order valence-electron chi connectivity index (χ2n) is 5.21. The number of rotatable bonds is 4. The van der Waals surface area contributed by atoms with Crippen molar-refractivity contribution in [2.45, 2.75) is 18.7 Å². The minimum absolute atomic E-state index is 0.234. The summed E-state index contributed by atoms with van der Waals surface area (Å²) in [6.45, 7) is 1.85. The zero-order valence-corrected chi connectivity index (χ0v) is 12.5. The average Bonchev–Trinajstić information content (AvgIpc) is 3.15. The Labute approximate surface area is 126 Å². The summed E-state index contributed by atoms with van der Waals surface area (Å²) in [6.07, 6.45) is 3.00. The fourth-order valence-corrected chi connectivity index (χ4v) is 3.00. The van der Waals surface area contributed by atoms with Crippen molar-refractivity contribution in [2.75, 3.05) is 13.1 Å². The van der Waals surface area contributed by atoms with Crippen LogP contribution in [0.25, 0.3) is 0 Å². The molecule has 3 rings (SSSR count). The lowest BCUT2D eigenvalue weighted by Gasteiger charge is -2.16. The molecular formula is C13H17N5O2S. The number of carbonyl (C=O) groups is 1. The van der Waals surface area contributed by atoms with Crippen LogP contribution in [0.2, 0.25) is 0 Å². The molecule has 2 N–H and O–H groups in total. The van der Waals surface area contributed by atoms with Crippen LogP contribution in [0.4, 0.5) is 0 Å². The van der Waals surface area contributed by atoms with E-state index in [9.17, 15) is 9.90 Å². The third kappa shape index (κ3) is 3.12. The number of amides is 1. The molecule has 0 saturated carbocycles. The number of carbonyl (C=O) groups excluding carboxylic acids is 1. The van der Waals surface area contributed by atoms with Gasteiger partial charge in [0, 0.05) is 38.3 Å². The molecule has 1 aliphatic heterocycles. The van der Waals surface area contributed by atoms with E-state index in [1.165, 1.54) is 11.3 Å². The smallest absolute Gasteiger partial charge is 0.271 e. The molecule has 2 aromatic rings. The predicted molar refractivity (Wildman–Crippen MR) is 77.9 cm³/mol. The first kappa shape index (κ1) is 14.2. The molecule has 7 nitrogen and oxygen atoms in total. The van der Waals surface area contributed by atoms with Crippen molar-refractivity contribution in [3.8, 4) is 0 Å². The monoisotopic (exact) mass is 307 g/mol. The van der Waals surface area contributed by atoms with Gasteiger partial charge in [0.15, 0.2) is 0 Å². The lowest BCUT2D eigenvalue weighted by molar-refractivity contribution is 0.0884. The molecule has 0 unspecified atom stereocenters. The SMILES string of the molecule is Cn1cncc1CN1C[C@@H](O)[C@H](NC(=O)c2cscn2)C1. The van der Waals surface area contributed by atoms with Crippen LogP contribution in [0.1, 0.15) is 16.2 Å². The Morgan fingerprint density at radius 2 is 2.43 bits per heavy atom. The van der Waals surface area contributed by atoms with E-state index in [1.54, 1.807) is 17.2 Å². The van der Waals surface area contributed by atoms with Crippen molar-refractivity contribution in [3.63, 3.8) is 0 Å². The number of hydrogen-bond acceptors (Lipinski definition) is 6. The molecule has 0 radical (unpaired) electrons. The van der Waals surface area contributed by atoms with E-state index in [1.807, 2.05) is 17.8 Å². The van der Waals surface area contributed by atoms with Gasteiger partial charge in [0.05, 0.1) is 29.7 Å². The highest BCUT2D eigenvalue weighted by atomic mass is 32.1. The van der Waals surface area contributed by atoms with Gasteiger partial charge in [-0.15, -0.1) is 11.3 Å². The van der Waals surface area contributed by atoms with Crippen LogP contribution < -0.4 is 5.32 Å². The fraction of sp³-hybridized carbons (Fsp3) is 0.462. The lowest BCUT2D eigenvalue weighted by Crippen LogP contribution is -2.42. The highest BCUT2D eigenvalue weighted by molar-refractivity contribution is 7.07. The summed E-state index contributed by atoms with van der Waals surface area (Å²) in [5.74, 6) is -0.234. The van der Waals surface area contributed by atoms with Crippen molar-refractivity contribution in [1.82, 2.24) is 24.8 Å². The summed E-state index contributed by atoms with van der Waals surface area (Å²) >= 11 is 1.38. The minimum atomic E-state index is -0.569. The summed E-state index contributed by atoms with van der Waals surface area (Å²) in [4.78, 5) is 22.1. The van der Waals surface area contributed by atoms with Crippen LogP contribution >= 0.6 is 11.3 Å². The van der Waals surface area contributed by atoms with Gasteiger partial charge >= 0.3 is 0 Å². The number of nitrogens with zero attached hydrogens (tertiary/aromatic N) is 4. The van der Waals surface area contributed by atoms with Crippen LogP contribution in [0.5, 0.6) is 0 Å². The first-order valence-corrected chi connectivity index (χ1v) is 7.62. The third-order valence-corrected chi connectivity index (χ3v) is 4.23. The van der Waals surface area contributed by atoms with Crippen LogP contribution in [-0.2, 0) is 13.6 Å². The van der Waals surface area contributed by atoms with E-state index in [4.69, 9.17) is 0 Å². The zero-order valence-electron chi connectivity index (χ0n) is 11.6. The Bertz CT molecular complexity index is 612. The highest BCUT2D eigenvalue weighted by Gasteiger charge is 2.33. The molecule has 0 spiro atoms. The van der Waals surface area contributed by atoms with E-state index in [0.29, 0.717) is 25.3 Å². The van der Waals surface area contributed by atoms with Crippen molar-refractivity contribution in [3.05, 3.63) is 34.8 Å². The summed E-state index contributed by atoms with van der Waals surface area (Å²) in [6, 6.07) is -0.271. The third-order valence-electron chi connectivity index (χ3n) is 3.65. The van der Waals surface area contributed by atoms with E-state index in [-0.39, 0.29) is 11.9 Å². The Balaban J connectivity index is 1.58. The predicted octanol–water partition coefficient (Wildman–Crippen LogP) is -0.148. The van der Waals surface area contributed by atoms with Gasteiger partial charge < -0.3 is 15.0 Å². The molecular weight excluding hydrogens is 290 g/mol. The van der Waals surface area contributed by atoms with Crippen molar-refractivity contribution in [1.29, 1.82) is 0 Å². The first-order chi connectivity index (χ1) is 10.1. The van der Waals surface area contributed by atoms with Gasteiger partial charge in [-0.2, -0.15) is 0 Å². The standard InChI is InChI=1S/C13H17N5O2S/c1-17-7-14-2-9(17)3-18-4-10(12(19)5-18)16-13(20)11-6-21-8-15-11/h2,6-8,10,12,19H,3-5H2,1H3,(H,16,20)/t10-,12-/m1/s1. The number of thiazole rings is 1. The molecule has 2 atom stereocenters. The van der Waals surface area contributed by atoms with Gasteiger partial charge in [-0.25, -0.2) is 9.97 Å². The van der Waals surface area contributed by atoms with Gasteiger partial charge in [0.2, 0.25) is 0 Å². The van der Waals surface area contributed by atoms with E-state index >= 15 is 0 Å². The van der Waals surface area contributed by atoms with Crippen molar-refractivity contribution < 1.29 is 9.90 Å². The number of aromatic nitrogens is 3. The quantitative estimate of drug-likeness (QED) is 0.821. The first-order valence-electron chi connectivity index (χ1n) is 6.68. The normalized spacial score (nSPS) is 22.6. The van der Waals surface area contributed by atoms with Gasteiger partial charge in [0.1, 0.15) is 5.69 Å². The number of aliphatic hydroxyl groups is 1. The van der Waals surface area contributed by atoms with Gasteiger partial charge in [-0.05, 0) is 0 Å². The molecule has 3 heterocycles. The molecule has 0 aromatic carbocycles. The average molecular weight is 307 g/mol. The van der Waals surface area contributed by atoms with E-state index in [0.717, 1.165) is 5.69 Å². The molecule has 2 aromatic heterocycles. The number of likely N-dealkylation sites (tertiary alicyclic amines) is 1. The molecule has 1 amide bonds. The second kappa shape index (κ2) is 5.92. The summed E-state index contributed by atoms with van der Waals surface area (Å²) in [5, 5.41) is 14.7. The summed E-state index contributed by atoms with van der Waals surface area (Å²) in [7, 11) is 1.94. The Morgan fingerprint density at radius 3 is 3.10 bits per heavy atom. The summed E-state index contributed by atoms with van der Waals surface area (Å²) < 4.78 is 1.95. The number of aryl methyl sites for hydroxylation is 1. The molecule has 0 bridgehead atoms. The van der Waals surface area contributed by atoms with Crippen molar-refractivity contribution >= 4 is 17.2 Å². The number of nitrogens with one attached hydrogen (secondary N) is 1. The fourth-order valence-electron chi connectivity index (χ4n) is 2.47. The second-order valence-corrected chi connectivity index (χ2v) is 5.93. The lowest BCUT2D eigenvalue weighted by atomic mass is 10.2. The maximum Gasteiger partial charge on any atom is 0.271 e. The minimum Gasteiger partial charge on any atom is -0.390 e. The molecule has 1 saturated heterocycles. The Hall–Kier alpha value is -1.77. The number of β-amino-alcohol motifs (C(OH)–C–C–N with tert-alkyl or cyclic N) is 1. The topological polar surface area (TPSA) is 83.3 Å². The number of imidazole rings is 1. The maximum atomic E-state index is 12.0. The molecule has 21 heavy (non-hydrogen) atoms. The van der Waals surface area contributed by atoms with Crippen LogP contribution in [0.15, 0.2) is 23.4 Å². The Morgan fingerprint density at radius 1 is 1.57 bits per heavy atom. The molecule has 8 heteroatoms. The van der Waals surface area contributed by atoms with Gasteiger partial charge in [0.25, 0.3) is 5.91 Å². The van der Waals surface area contributed by atoms with Crippen LogP contribution in [0.3, 0.4) is 0 Å². The molecule has 0 aliphatic carbocycles. The molecule has 1 aliphatic rings. The molecule has 1 fully saturated rings. The van der Waals surface area contributed by atoms with Crippen molar-refractivity contribution in [2.24, 2.45) is 7.05 Å². The van der Waals surface area contributed by atoms with Gasteiger partial charge in [-0.3, -0.25) is 9.69 Å². The van der Waals surface area contributed by atoms with E-state index in [2.05, 4.69) is 20.2 Å². The number of hydrogen-bond donors (Lipinski definition) is 2. The zero-order chi connectivity index (χ0) is 14.8. The van der Waals surface area contributed by atoms with E-state index < -0.39 is 6.10 Å².